The van der Waals surface area contributed by atoms with E-state index in [0.717, 1.165) is 35.7 Å². The Bertz CT molecular complexity index is 595. The number of benzene rings is 1. The van der Waals surface area contributed by atoms with E-state index >= 15 is 0 Å². The lowest BCUT2D eigenvalue weighted by Crippen LogP contribution is -2.37. The van der Waals surface area contributed by atoms with Crippen molar-refractivity contribution in [1.82, 2.24) is 15.2 Å². The second kappa shape index (κ2) is 6.26. The summed E-state index contributed by atoms with van der Waals surface area (Å²) in [7, 11) is 1.80. The molecule has 2 unspecified atom stereocenters. The molecule has 2 N–H and O–H groups in total. The highest BCUT2D eigenvalue weighted by molar-refractivity contribution is 5.73. The fraction of sp³-hybridized carbons (Fsp3) is 0.500. The number of rotatable bonds is 4. The number of nitrogens with one attached hydrogen (secondary N) is 2. The van der Waals surface area contributed by atoms with Gasteiger partial charge in [0, 0.05) is 18.4 Å². The van der Waals surface area contributed by atoms with E-state index in [9.17, 15) is 0 Å². The molecular formula is C16H22N4O. The first kappa shape index (κ1) is 14.1. The molecule has 1 aromatic heterocycles. The normalized spacial score (nSPS) is 22.2. The molecule has 0 spiro atoms. The summed E-state index contributed by atoms with van der Waals surface area (Å²) in [6, 6.07) is 8.54. The standard InChI is InChI=1S/C16H22N4O/c1-11-17-16(20-19-11)12-7-3-4-8-13(12)18-14-9-5-6-10-15(14)21-2/h3-4,7-8,14-15,18H,5-6,9-10H2,1-2H3,(H,17,19,20). The molecule has 3 rings (SSSR count). The van der Waals surface area contributed by atoms with Crippen LogP contribution in [0, 0.1) is 6.92 Å². The summed E-state index contributed by atoms with van der Waals surface area (Å²) in [4.78, 5) is 4.44. The summed E-state index contributed by atoms with van der Waals surface area (Å²) < 4.78 is 5.63. The number of nitrogens with zero attached hydrogens (tertiary/aromatic N) is 2. The van der Waals surface area contributed by atoms with Crippen LogP contribution < -0.4 is 5.32 Å². The van der Waals surface area contributed by atoms with Crippen LogP contribution in [0.5, 0.6) is 0 Å². The lowest BCUT2D eigenvalue weighted by atomic mass is 9.92. The quantitative estimate of drug-likeness (QED) is 0.906. The molecule has 21 heavy (non-hydrogen) atoms. The number of aromatic amines is 1. The van der Waals surface area contributed by atoms with Gasteiger partial charge in [-0.3, -0.25) is 5.10 Å². The topological polar surface area (TPSA) is 62.8 Å². The zero-order chi connectivity index (χ0) is 14.7. The maximum atomic E-state index is 5.63. The van der Waals surface area contributed by atoms with Gasteiger partial charge in [-0.15, -0.1) is 0 Å². The molecule has 0 saturated heterocycles. The van der Waals surface area contributed by atoms with Gasteiger partial charge in [0.05, 0.1) is 12.1 Å². The maximum absolute atomic E-state index is 5.63. The highest BCUT2D eigenvalue weighted by atomic mass is 16.5. The number of hydrogen-bond donors (Lipinski definition) is 2. The monoisotopic (exact) mass is 286 g/mol. The fourth-order valence-corrected chi connectivity index (χ4v) is 3.01. The molecular weight excluding hydrogens is 264 g/mol. The van der Waals surface area contributed by atoms with Gasteiger partial charge in [0.1, 0.15) is 5.82 Å². The number of aryl methyl sites for hydroxylation is 1. The van der Waals surface area contributed by atoms with E-state index in [1.165, 1.54) is 12.8 Å². The number of anilines is 1. The van der Waals surface area contributed by atoms with Crippen molar-refractivity contribution in [3.05, 3.63) is 30.1 Å². The number of aromatic nitrogens is 3. The van der Waals surface area contributed by atoms with Gasteiger partial charge < -0.3 is 10.1 Å². The lowest BCUT2D eigenvalue weighted by Gasteiger charge is -2.32. The van der Waals surface area contributed by atoms with Crippen LogP contribution in [-0.4, -0.2) is 34.4 Å². The zero-order valence-electron chi connectivity index (χ0n) is 12.6. The molecule has 2 atom stereocenters. The number of methoxy groups -OCH3 is 1. The van der Waals surface area contributed by atoms with Crippen molar-refractivity contribution >= 4 is 5.69 Å². The molecule has 5 nitrogen and oxygen atoms in total. The molecule has 0 amide bonds. The Morgan fingerprint density at radius 2 is 2.05 bits per heavy atom. The van der Waals surface area contributed by atoms with E-state index in [1.54, 1.807) is 7.11 Å². The van der Waals surface area contributed by atoms with Crippen molar-refractivity contribution in [2.24, 2.45) is 0 Å². The molecule has 1 saturated carbocycles. The Kier molecular flexibility index (Phi) is 4.20. The van der Waals surface area contributed by atoms with Gasteiger partial charge in [0.15, 0.2) is 5.82 Å². The molecule has 1 fully saturated rings. The molecule has 1 aromatic carbocycles. The number of hydrogen-bond acceptors (Lipinski definition) is 4. The Morgan fingerprint density at radius 3 is 2.81 bits per heavy atom. The largest absolute Gasteiger partial charge is 0.379 e. The van der Waals surface area contributed by atoms with Gasteiger partial charge in [0.2, 0.25) is 0 Å². The summed E-state index contributed by atoms with van der Waals surface area (Å²) >= 11 is 0. The number of ether oxygens (including phenoxy) is 1. The average Bonchev–Trinajstić information content (AvgIpc) is 2.95. The van der Waals surface area contributed by atoms with Gasteiger partial charge in [-0.2, -0.15) is 5.10 Å². The third-order valence-electron chi connectivity index (χ3n) is 4.11. The fourth-order valence-electron chi connectivity index (χ4n) is 3.01. The molecule has 1 aliphatic carbocycles. The van der Waals surface area contributed by atoms with Gasteiger partial charge in [-0.25, -0.2) is 4.98 Å². The highest BCUT2D eigenvalue weighted by Crippen LogP contribution is 2.29. The summed E-state index contributed by atoms with van der Waals surface area (Å²) in [5.74, 6) is 1.56. The molecule has 0 radical (unpaired) electrons. The molecule has 5 heteroatoms. The van der Waals surface area contributed by atoms with E-state index < -0.39 is 0 Å². The second-order valence-corrected chi connectivity index (χ2v) is 5.60. The SMILES string of the molecule is COC1CCCCC1Nc1ccccc1-c1n[nH]c(C)n1. The van der Waals surface area contributed by atoms with Crippen LogP contribution in [0.15, 0.2) is 24.3 Å². The highest BCUT2D eigenvalue weighted by Gasteiger charge is 2.25. The van der Waals surface area contributed by atoms with Crippen molar-refractivity contribution in [3.63, 3.8) is 0 Å². The summed E-state index contributed by atoms with van der Waals surface area (Å²) in [6.45, 7) is 1.91. The Hall–Kier alpha value is -1.88. The van der Waals surface area contributed by atoms with Crippen LogP contribution in [0.1, 0.15) is 31.5 Å². The van der Waals surface area contributed by atoms with Crippen LogP contribution in [0.3, 0.4) is 0 Å². The van der Waals surface area contributed by atoms with E-state index in [4.69, 9.17) is 4.74 Å². The van der Waals surface area contributed by atoms with Gasteiger partial charge in [-0.1, -0.05) is 25.0 Å². The Labute approximate surface area is 125 Å². The minimum atomic E-state index is 0.278. The van der Waals surface area contributed by atoms with Crippen LogP contribution >= 0.6 is 0 Å². The minimum Gasteiger partial charge on any atom is -0.379 e. The number of H-pyrrole nitrogens is 1. The van der Waals surface area contributed by atoms with E-state index in [0.29, 0.717) is 6.04 Å². The molecule has 112 valence electrons. The third-order valence-corrected chi connectivity index (χ3v) is 4.11. The lowest BCUT2D eigenvalue weighted by molar-refractivity contribution is 0.0606. The molecule has 2 aromatic rings. The van der Waals surface area contributed by atoms with Crippen molar-refractivity contribution in [2.45, 2.75) is 44.8 Å². The molecule has 0 bridgehead atoms. The predicted octanol–water partition coefficient (Wildman–Crippen LogP) is 3.15. The van der Waals surface area contributed by atoms with Gasteiger partial charge >= 0.3 is 0 Å². The molecule has 1 heterocycles. The third kappa shape index (κ3) is 3.08. The first-order chi connectivity index (χ1) is 10.3. The minimum absolute atomic E-state index is 0.278. The Balaban J connectivity index is 1.85. The van der Waals surface area contributed by atoms with Crippen LogP contribution in [0.2, 0.25) is 0 Å². The number of para-hydroxylation sites is 1. The van der Waals surface area contributed by atoms with E-state index in [2.05, 4.69) is 32.6 Å². The van der Waals surface area contributed by atoms with Crippen molar-refractivity contribution in [3.8, 4) is 11.4 Å². The van der Waals surface area contributed by atoms with Crippen LogP contribution in [0.25, 0.3) is 11.4 Å². The van der Waals surface area contributed by atoms with Gasteiger partial charge in [0.25, 0.3) is 0 Å². The van der Waals surface area contributed by atoms with Crippen molar-refractivity contribution in [1.29, 1.82) is 0 Å². The Morgan fingerprint density at radius 1 is 1.24 bits per heavy atom. The summed E-state index contributed by atoms with van der Waals surface area (Å²) in [5.41, 5.74) is 2.10. The van der Waals surface area contributed by atoms with Crippen LogP contribution in [0.4, 0.5) is 5.69 Å². The zero-order valence-corrected chi connectivity index (χ0v) is 12.6. The summed E-state index contributed by atoms with van der Waals surface area (Å²) in [5, 5.41) is 10.8. The average molecular weight is 286 g/mol. The first-order valence-corrected chi connectivity index (χ1v) is 7.55. The molecule has 0 aliphatic heterocycles. The molecule has 1 aliphatic rings. The first-order valence-electron chi connectivity index (χ1n) is 7.55. The van der Waals surface area contributed by atoms with Crippen LogP contribution in [-0.2, 0) is 4.74 Å². The van der Waals surface area contributed by atoms with E-state index in [-0.39, 0.29) is 6.10 Å². The maximum Gasteiger partial charge on any atom is 0.183 e. The van der Waals surface area contributed by atoms with E-state index in [1.807, 2.05) is 19.1 Å². The second-order valence-electron chi connectivity index (χ2n) is 5.60. The van der Waals surface area contributed by atoms with Crippen molar-refractivity contribution in [2.75, 3.05) is 12.4 Å². The smallest absolute Gasteiger partial charge is 0.183 e. The summed E-state index contributed by atoms with van der Waals surface area (Å²) in [6.07, 6.45) is 5.04. The predicted molar refractivity (Wildman–Crippen MR) is 83.2 cm³/mol. The van der Waals surface area contributed by atoms with Gasteiger partial charge in [-0.05, 0) is 31.9 Å². The van der Waals surface area contributed by atoms with Crippen molar-refractivity contribution < 1.29 is 4.74 Å².